The second kappa shape index (κ2) is 3.58. The highest BCUT2D eigenvalue weighted by atomic mass is 16.4. The molecule has 2 aromatic rings. The Balaban J connectivity index is 2.09. The van der Waals surface area contributed by atoms with Gasteiger partial charge in [-0.1, -0.05) is 6.42 Å². The number of carbonyl (C=O) groups is 1. The number of aromatic nitrogens is 1. The summed E-state index contributed by atoms with van der Waals surface area (Å²) in [7, 11) is 1.64. The molecule has 0 atom stereocenters. The van der Waals surface area contributed by atoms with E-state index in [0.29, 0.717) is 16.7 Å². The van der Waals surface area contributed by atoms with Crippen molar-refractivity contribution in [3.8, 4) is 0 Å². The van der Waals surface area contributed by atoms with Crippen LogP contribution in [0.3, 0.4) is 0 Å². The Kier molecular flexibility index (Phi) is 2.18. The molecule has 88 valence electrons. The Morgan fingerprint density at radius 2 is 2.18 bits per heavy atom. The summed E-state index contributed by atoms with van der Waals surface area (Å²) in [6.07, 6.45) is 3.12. The smallest absolute Gasteiger partial charge is 0.408 e. The highest BCUT2D eigenvalue weighted by Gasteiger charge is 2.26. The number of rotatable bonds is 2. The zero-order valence-electron chi connectivity index (χ0n) is 9.60. The lowest BCUT2D eigenvalue weighted by Gasteiger charge is -2.23. The summed E-state index contributed by atoms with van der Waals surface area (Å²) >= 11 is 0. The van der Waals surface area contributed by atoms with Crippen LogP contribution in [-0.2, 0) is 7.05 Å². The standard InChI is InChI=1S/C13H13NO3/c1-14-10-7-9(12(15)8-3-2-4-8)5-6-11(10)17-13(14)16/h5-8H,2-4H2,1H3. The molecule has 1 aliphatic rings. The summed E-state index contributed by atoms with van der Waals surface area (Å²) in [5.41, 5.74) is 1.89. The number of oxazole rings is 1. The Morgan fingerprint density at radius 1 is 1.41 bits per heavy atom. The van der Waals surface area contributed by atoms with Crippen LogP contribution in [0, 0.1) is 5.92 Å². The van der Waals surface area contributed by atoms with Crippen LogP contribution < -0.4 is 5.76 Å². The highest BCUT2D eigenvalue weighted by molar-refractivity contribution is 6.00. The minimum atomic E-state index is -0.395. The van der Waals surface area contributed by atoms with Crippen LogP contribution in [0.2, 0.25) is 0 Å². The van der Waals surface area contributed by atoms with Gasteiger partial charge in [0.1, 0.15) is 0 Å². The van der Waals surface area contributed by atoms with Gasteiger partial charge in [0.05, 0.1) is 5.52 Å². The fourth-order valence-electron chi connectivity index (χ4n) is 2.19. The Hall–Kier alpha value is -1.84. The Bertz CT molecular complexity index is 646. The molecule has 0 spiro atoms. The fraction of sp³-hybridized carbons (Fsp3) is 0.385. The lowest BCUT2D eigenvalue weighted by Crippen LogP contribution is -2.21. The normalized spacial score (nSPS) is 16.1. The van der Waals surface area contributed by atoms with Crippen molar-refractivity contribution in [1.82, 2.24) is 4.57 Å². The van der Waals surface area contributed by atoms with Crippen LogP contribution in [-0.4, -0.2) is 10.4 Å². The molecule has 1 fully saturated rings. The maximum absolute atomic E-state index is 12.1. The molecule has 0 unspecified atom stereocenters. The number of nitrogens with zero attached hydrogens (tertiary/aromatic N) is 1. The molecule has 1 aromatic heterocycles. The molecule has 1 aliphatic carbocycles. The van der Waals surface area contributed by atoms with Crippen LogP contribution in [0.5, 0.6) is 0 Å². The Labute approximate surface area is 97.8 Å². The molecule has 4 heteroatoms. The molecule has 0 saturated heterocycles. The summed E-state index contributed by atoms with van der Waals surface area (Å²) in [4.78, 5) is 23.4. The van der Waals surface area contributed by atoms with E-state index in [1.165, 1.54) is 4.57 Å². The second-order valence-electron chi connectivity index (χ2n) is 4.60. The summed E-state index contributed by atoms with van der Waals surface area (Å²) in [5.74, 6) is -0.0311. The van der Waals surface area contributed by atoms with Crippen molar-refractivity contribution in [3.05, 3.63) is 34.3 Å². The summed E-state index contributed by atoms with van der Waals surface area (Å²) < 4.78 is 6.45. The van der Waals surface area contributed by atoms with Crippen molar-refractivity contribution in [1.29, 1.82) is 0 Å². The summed E-state index contributed by atoms with van der Waals surface area (Å²) in [5, 5.41) is 0. The second-order valence-corrected chi connectivity index (χ2v) is 4.60. The number of ketones is 1. The van der Waals surface area contributed by atoms with Gasteiger partial charge in [-0.2, -0.15) is 0 Å². The summed E-state index contributed by atoms with van der Waals surface area (Å²) in [6.45, 7) is 0. The van der Waals surface area contributed by atoms with E-state index in [2.05, 4.69) is 0 Å². The van der Waals surface area contributed by atoms with E-state index in [9.17, 15) is 9.59 Å². The average Bonchev–Trinajstić information content (AvgIpc) is 2.52. The molecule has 0 aliphatic heterocycles. The maximum Gasteiger partial charge on any atom is 0.419 e. The van der Waals surface area contributed by atoms with Gasteiger partial charge >= 0.3 is 5.76 Å². The SMILES string of the molecule is Cn1c(=O)oc2ccc(C(=O)C3CCC3)cc21. The molecular formula is C13H13NO3. The van der Waals surface area contributed by atoms with Gasteiger partial charge in [0.25, 0.3) is 0 Å². The lowest BCUT2D eigenvalue weighted by atomic mass is 9.80. The topological polar surface area (TPSA) is 52.2 Å². The van der Waals surface area contributed by atoms with Gasteiger partial charge in [0, 0.05) is 18.5 Å². The van der Waals surface area contributed by atoms with Crippen molar-refractivity contribution >= 4 is 16.9 Å². The minimum Gasteiger partial charge on any atom is -0.408 e. The predicted octanol–water partition coefficient (Wildman–Crippen LogP) is 2.11. The quantitative estimate of drug-likeness (QED) is 0.744. The van der Waals surface area contributed by atoms with E-state index in [1.807, 2.05) is 0 Å². The van der Waals surface area contributed by atoms with E-state index >= 15 is 0 Å². The van der Waals surface area contributed by atoms with Crippen LogP contribution in [0.15, 0.2) is 27.4 Å². The van der Waals surface area contributed by atoms with E-state index in [-0.39, 0.29) is 11.7 Å². The largest absolute Gasteiger partial charge is 0.419 e. The average molecular weight is 231 g/mol. The number of carbonyl (C=O) groups excluding carboxylic acids is 1. The van der Waals surface area contributed by atoms with Gasteiger partial charge < -0.3 is 4.42 Å². The lowest BCUT2D eigenvalue weighted by molar-refractivity contribution is 0.0855. The fourth-order valence-corrected chi connectivity index (χ4v) is 2.19. The maximum atomic E-state index is 12.1. The van der Waals surface area contributed by atoms with Crippen molar-refractivity contribution in [2.75, 3.05) is 0 Å². The number of benzene rings is 1. The van der Waals surface area contributed by atoms with Gasteiger partial charge in [-0.25, -0.2) is 4.79 Å². The van der Waals surface area contributed by atoms with Crippen LogP contribution in [0.4, 0.5) is 0 Å². The van der Waals surface area contributed by atoms with Crippen molar-refractivity contribution in [3.63, 3.8) is 0 Å². The van der Waals surface area contributed by atoms with Crippen molar-refractivity contribution in [2.24, 2.45) is 13.0 Å². The molecular weight excluding hydrogens is 218 g/mol. The molecule has 1 heterocycles. The van der Waals surface area contributed by atoms with E-state index in [0.717, 1.165) is 19.3 Å². The molecule has 3 rings (SSSR count). The van der Waals surface area contributed by atoms with Crippen molar-refractivity contribution in [2.45, 2.75) is 19.3 Å². The molecule has 0 N–H and O–H groups in total. The molecule has 0 bridgehead atoms. The van der Waals surface area contributed by atoms with Gasteiger partial charge in [-0.05, 0) is 31.0 Å². The van der Waals surface area contributed by atoms with Crippen molar-refractivity contribution < 1.29 is 9.21 Å². The van der Waals surface area contributed by atoms with Crippen LogP contribution in [0.25, 0.3) is 11.1 Å². The third kappa shape index (κ3) is 1.52. The highest BCUT2D eigenvalue weighted by Crippen LogP contribution is 2.30. The number of Topliss-reactive ketones (excluding diaryl/α,β-unsaturated/α-hetero) is 1. The molecule has 4 nitrogen and oxygen atoms in total. The van der Waals surface area contributed by atoms with Gasteiger partial charge in [-0.15, -0.1) is 0 Å². The predicted molar refractivity (Wildman–Crippen MR) is 63.1 cm³/mol. The number of hydrogen-bond donors (Lipinski definition) is 0. The zero-order chi connectivity index (χ0) is 12.0. The van der Waals surface area contributed by atoms with E-state index < -0.39 is 5.76 Å². The Morgan fingerprint density at radius 3 is 2.82 bits per heavy atom. The van der Waals surface area contributed by atoms with E-state index in [1.54, 1.807) is 25.2 Å². The molecule has 0 amide bonds. The first-order chi connectivity index (χ1) is 8.16. The monoisotopic (exact) mass is 231 g/mol. The molecule has 0 radical (unpaired) electrons. The third-order valence-corrected chi connectivity index (χ3v) is 3.55. The van der Waals surface area contributed by atoms with Crippen LogP contribution in [0.1, 0.15) is 29.6 Å². The first-order valence-electron chi connectivity index (χ1n) is 5.80. The summed E-state index contributed by atoms with van der Waals surface area (Å²) in [6, 6.07) is 5.19. The number of aryl methyl sites for hydroxylation is 1. The van der Waals surface area contributed by atoms with E-state index in [4.69, 9.17) is 4.42 Å². The first-order valence-corrected chi connectivity index (χ1v) is 5.80. The van der Waals surface area contributed by atoms with Gasteiger partial charge in [-0.3, -0.25) is 9.36 Å². The molecule has 1 saturated carbocycles. The van der Waals surface area contributed by atoms with Gasteiger partial charge in [0.15, 0.2) is 11.4 Å². The van der Waals surface area contributed by atoms with Gasteiger partial charge in [0.2, 0.25) is 0 Å². The zero-order valence-corrected chi connectivity index (χ0v) is 9.60. The van der Waals surface area contributed by atoms with Crippen LogP contribution >= 0.6 is 0 Å². The first kappa shape index (κ1) is 10.3. The third-order valence-electron chi connectivity index (χ3n) is 3.55. The number of fused-ring (bicyclic) bond motifs is 1. The minimum absolute atomic E-state index is 0.177. The number of hydrogen-bond acceptors (Lipinski definition) is 3. The molecule has 1 aromatic carbocycles. The molecule has 17 heavy (non-hydrogen) atoms.